The van der Waals surface area contributed by atoms with Gasteiger partial charge in [0.15, 0.2) is 0 Å². The summed E-state index contributed by atoms with van der Waals surface area (Å²) >= 11 is 5.41. The summed E-state index contributed by atoms with van der Waals surface area (Å²) in [6.45, 7) is 0.521. The highest BCUT2D eigenvalue weighted by Gasteiger charge is 2.10. The van der Waals surface area contributed by atoms with Gasteiger partial charge in [0.2, 0.25) is 11.0 Å². The summed E-state index contributed by atoms with van der Waals surface area (Å²) in [5.41, 5.74) is 1.18. The zero-order valence-corrected chi connectivity index (χ0v) is 11.8. The van der Waals surface area contributed by atoms with Gasteiger partial charge in [-0.2, -0.15) is 0 Å². The molecule has 1 aromatic carbocycles. The molecule has 0 unspecified atom stereocenters. The topological polar surface area (TPSA) is 46.2 Å². The monoisotopic (exact) mass is 291 g/mol. The van der Waals surface area contributed by atoms with E-state index in [-0.39, 0.29) is 17.4 Å². The maximum atomic E-state index is 11.8. The number of nitrogens with one attached hydrogen (secondary N) is 1. The summed E-state index contributed by atoms with van der Waals surface area (Å²) in [7, 11) is 0. The lowest BCUT2D eigenvalue weighted by molar-refractivity contribution is -0.120. The fourth-order valence-corrected chi connectivity index (χ4v) is 2.58. The van der Waals surface area contributed by atoms with E-state index in [2.05, 4.69) is 17.9 Å². The van der Waals surface area contributed by atoms with Crippen LogP contribution in [0.5, 0.6) is 0 Å². The number of thiol groups is 1. The molecule has 2 aromatic rings. The van der Waals surface area contributed by atoms with Crippen LogP contribution in [0.1, 0.15) is 20.8 Å². The molecule has 0 atom stereocenters. The fourth-order valence-electron chi connectivity index (χ4n) is 1.72. The summed E-state index contributed by atoms with van der Waals surface area (Å²) < 4.78 is 0. The van der Waals surface area contributed by atoms with Gasteiger partial charge in [0.05, 0.1) is 13.0 Å². The van der Waals surface area contributed by atoms with Gasteiger partial charge < -0.3 is 5.32 Å². The Morgan fingerprint density at radius 2 is 1.95 bits per heavy atom. The number of benzene rings is 1. The van der Waals surface area contributed by atoms with Gasteiger partial charge in [-0.15, -0.1) is 24.0 Å². The first kappa shape index (κ1) is 13.8. The first-order valence-electron chi connectivity index (χ1n) is 5.77. The molecule has 0 spiro atoms. The number of carbonyl (C=O) groups excluding carboxylic acids is 2. The normalized spacial score (nSPS) is 10.2. The summed E-state index contributed by atoms with van der Waals surface area (Å²) in [5.74, 6) is -0.101. The van der Waals surface area contributed by atoms with Crippen LogP contribution in [0.2, 0.25) is 0 Å². The van der Waals surface area contributed by atoms with Crippen LogP contribution in [0.15, 0.2) is 41.8 Å². The van der Waals surface area contributed by atoms with Gasteiger partial charge in [0.25, 0.3) is 0 Å². The molecule has 1 aromatic heterocycles. The van der Waals surface area contributed by atoms with E-state index in [1.165, 1.54) is 0 Å². The second-order valence-corrected chi connectivity index (χ2v) is 5.43. The van der Waals surface area contributed by atoms with Crippen LogP contribution in [0.4, 0.5) is 0 Å². The number of thiophene rings is 1. The maximum absolute atomic E-state index is 11.8. The van der Waals surface area contributed by atoms with Gasteiger partial charge >= 0.3 is 0 Å². The molecular weight excluding hydrogens is 278 g/mol. The van der Waals surface area contributed by atoms with Crippen LogP contribution in [0.3, 0.4) is 0 Å². The number of hydrogen-bond donors (Lipinski definition) is 2. The molecule has 98 valence electrons. The molecule has 0 bridgehead atoms. The minimum atomic E-state index is -0.318. The fraction of sp³-hybridized carbons (Fsp3) is 0.143. The average Bonchev–Trinajstić information content (AvgIpc) is 2.90. The third kappa shape index (κ3) is 3.94. The van der Waals surface area contributed by atoms with E-state index < -0.39 is 0 Å². The van der Waals surface area contributed by atoms with Crippen molar-refractivity contribution in [3.8, 4) is 0 Å². The molecule has 0 saturated heterocycles. The lowest BCUT2D eigenvalue weighted by Gasteiger charge is -2.07. The SMILES string of the molecule is O=C(Cc1ccccc1C(=O)S)NCc1cccs1. The molecule has 1 amide bonds. The van der Waals surface area contributed by atoms with Crippen molar-refractivity contribution >= 4 is 35.0 Å². The minimum absolute atomic E-state index is 0.101. The van der Waals surface area contributed by atoms with E-state index in [9.17, 15) is 9.59 Å². The van der Waals surface area contributed by atoms with E-state index >= 15 is 0 Å². The van der Waals surface area contributed by atoms with Gasteiger partial charge in [0, 0.05) is 10.4 Å². The number of rotatable bonds is 5. The van der Waals surface area contributed by atoms with E-state index in [0.717, 1.165) is 4.88 Å². The van der Waals surface area contributed by atoms with Crippen LogP contribution in [-0.2, 0) is 17.8 Å². The van der Waals surface area contributed by atoms with Gasteiger partial charge in [-0.25, -0.2) is 0 Å². The highest BCUT2D eigenvalue weighted by Crippen LogP contribution is 2.12. The highest BCUT2D eigenvalue weighted by molar-refractivity contribution is 7.97. The second-order valence-electron chi connectivity index (χ2n) is 4.00. The molecule has 0 aliphatic heterocycles. The Balaban J connectivity index is 1.97. The number of carbonyl (C=O) groups is 2. The predicted molar refractivity (Wildman–Crippen MR) is 79.6 cm³/mol. The molecule has 0 aliphatic carbocycles. The third-order valence-corrected chi connectivity index (χ3v) is 3.76. The summed E-state index contributed by atoms with van der Waals surface area (Å²) in [6, 6.07) is 10.9. The van der Waals surface area contributed by atoms with Crippen molar-refractivity contribution in [2.45, 2.75) is 13.0 Å². The van der Waals surface area contributed by atoms with Crippen molar-refractivity contribution in [2.75, 3.05) is 0 Å². The zero-order valence-electron chi connectivity index (χ0n) is 10.1. The Labute approximate surface area is 121 Å². The molecule has 3 nitrogen and oxygen atoms in total. The average molecular weight is 291 g/mol. The first-order chi connectivity index (χ1) is 9.16. The first-order valence-corrected chi connectivity index (χ1v) is 7.10. The largest absolute Gasteiger partial charge is 0.351 e. The maximum Gasteiger partial charge on any atom is 0.224 e. The standard InChI is InChI=1S/C14H13NO2S2/c16-13(15-9-11-5-3-7-19-11)8-10-4-1-2-6-12(10)14(17)18/h1-7H,8-9H2,(H,15,16)(H,17,18). The summed E-state index contributed by atoms with van der Waals surface area (Å²) in [4.78, 5) is 24.3. The predicted octanol–water partition coefficient (Wildman–Crippen LogP) is 2.68. The van der Waals surface area contributed by atoms with Crippen molar-refractivity contribution in [1.82, 2.24) is 5.32 Å². The summed E-state index contributed by atoms with van der Waals surface area (Å²) in [6.07, 6.45) is 0.188. The molecule has 5 heteroatoms. The smallest absolute Gasteiger partial charge is 0.224 e. The Hall–Kier alpha value is -1.59. The Kier molecular flexibility index (Phi) is 4.76. The number of hydrogen-bond acceptors (Lipinski definition) is 3. The van der Waals surface area contributed by atoms with Crippen molar-refractivity contribution in [1.29, 1.82) is 0 Å². The molecule has 0 radical (unpaired) electrons. The zero-order chi connectivity index (χ0) is 13.7. The van der Waals surface area contributed by atoms with Crippen molar-refractivity contribution in [2.24, 2.45) is 0 Å². The van der Waals surface area contributed by atoms with E-state index in [1.54, 1.807) is 29.5 Å². The second kappa shape index (κ2) is 6.54. The van der Waals surface area contributed by atoms with E-state index in [0.29, 0.717) is 17.7 Å². The van der Waals surface area contributed by atoms with Crippen molar-refractivity contribution in [3.05, 3.63) is 57.8 Å². The molecule has 0 fully saturated rings. The Bertz CT molecular complexity index is 579. The third-order valence-electron chi connectivity index (χ3n) is 2.64. The molecule has 0 aliphatic rings. The Morgan fingerprint density at radius 3 is 2.63 bits per heavy atom. The molecular formula is C14H13NO2S2. The summed E-state index contributed by atoms with van der Waals surface area (Å²) in [5, 5.41) is 4.49. The van der Waals surface area contributed by atoms with Gasteiger partial charge in [-0.3, -0.25) is 9.59 Å². The molecule has 19 heavy (non-hydrogen) atoms. The lowest BCUT2D eigenvalue weighted by atomic mass is 10.1. The van der Waals surface area contributed by atoms with Gasteiger partial charge in [-0.05, 0) is 17.0 Å². The lowest BCUT2D eigenvalue weighted by Crippen LogP contribution is -2.24. The highest BCUT2D eigenvalue weighted by atomic mass is 32.1. The Morgan fingerprint density at radius 1 is 1.16 bits per heavy atom. The molecule has 0 saturated carbocycles. The molecule has 1 N–H and O–H groups in total. The molecule has 1 heterocycles. The van der Waals surface area contributed by atoms with E-state index in [1.807, 2.05) is 23.6 Å². The quantitative estimate of drug-likeness (QED) is 0.832. The van der Waals surface area contributed by atoms with Gasteiger partial charge in [-0.1, -0.05) is 30.3 Å². The van der Waals surface area contributed by atoms with Crippen LogP contribution < -0.4 is 5.32 Å². The van der Waals surface area contributed by atoms with Crippen LogP contribution in [0.25, 0.3) is 0 Å². The number of amides is 1. The van der Waals surface area contributed by atoms with E-state index in [4.69, 9.17) is 0 Å². The van der Waals surface area contributed by atoms with Crippen LogP contribution >= 0.6 is 24.0 Å². The van der Waals surface area contributed by atoms with Crippen LogP contribution in [0, 0.1) is 0 Å². The minimum Gasteiger partial charge on any atom is -0.351 e. The van der Waals surface area contributed by atoms with Crippen LogP contribution in [-0.4, -0.2) is 11.0 Å². The van der Waals surface area contributed by atoms with Crippen molar-refractivity contribution < 1.29 is 9.59 Å². The molecule has 2 rings (SSSR count). The van der Waals surface area contributed by atoms with Gasteiger partial charge in [0.1, 0.15) is 0 Å². The van der Waals surface area contributed by atoms with Crippen molar-refractivity contribution in [3.63, 3.8) is 0 Å².